The fraction of sp³-hybridized carbons (Fsp3) is 0.308. The molecule has 2 aromatic rings. The molecule has 5 heteroatoms. The minimum absolute atomic E-state index is 0.311. The summed E-state index contributed by atoms with van der Waals surface area (Å²) >= 11 is 7.22. The molecule has 0 aliphatic rings. The number of nitrogens with one attached hydrogen (secondary N) is 1. The molecule has 0 aliphatic carbocycles. The van der Waals surface area contributed by atoms with Gasteiger partial charge in [-0.1, -0.05) is 25.4 Å². The summed E-state index contributed by atoms with van der Waals surface area (Å²) in [5, 5.41) is 4.64. The van der Waals surface area contributed by atoms with Gasteiger partial charge in [0.2, 0.25) is 0 Å². The summed E-state index contributed by atoms with van der Waals surface area (Å²) in [5.74, 6) is -0.311. The van der Waals surface area contributed by atoms with E-state index in [4.69, 9.17) is 11.6 Å². The van der Waals surface area contributed by atoms with Crippen LogP contribution in [0.3, 0.4) is 0 Å². The van der Waals surface area contributed by atoms with Crippen molar-refractivity contribution in [1.29, 1.82) is 0 Å². The molecule has 2 rings (SSSR count). The van der Waals surface area contributed by atoms with Crippen LogP contribution < -0.4 is 5.32 Å². The lowest BCUT2D eigenvalue weighted by atomic mass is 10.2. The zero-order chi connectivity index (χ0) is 13.1. The predicted octanol–water partition coefficient (Wildman–Crippen LogP) is 4.10. The first-order valence-corrected chi connectivity index (χ1v) is 6.89. The first-order chi connectivity index (χ1) is 8.56. The molecule has 2 nitrogen and oxygen atoms in total. The van der Waals surface area contributed by atoms with Crippen LogP contribution in [0.5, 0.6) is 0 Å². The van der Waals surface area contributed by atoms with Gasteiger partial charge in [-0.25, -0.2) is 9.37 Å². The summed E-state index contributed by atoms with van der Waals surface area (Å²) in [7, 11) is 0. The molecule has 1 N–H and O–H groups in total. The lowest BCUT2D eigenvalue weighted by Gasteiger charge is -2.04. The van der Waals surface area contributed by atoms with Crippen LogP contribution >= 0.6 is 22.9 Å². The SMILES string of the molecule is CC(C)NCc1ncc(-c2ccc(Cl)cc2F)s1. The van der Waals surface area contributed by atoms with Crippen molar-refractivity contribution in [3.63, 3.8) is 0 Å². The molecule has 0 saturated heterocycles. The first kappa shape index (κ1) is 13.5. The van der Waals surface area contributed by atoms with E-state index in [0.29, 0.717) is 23.2 Å². The number of aromatic nitrogens is 1. The Morgan fingerprint density at radius 3 is 2.89 bits per heavy atom. The second-order valence-electron chi connectivity index (χ2n) is 4.28. The molecule has 0 radical (unpaired) electrons. The minimum atomic E-state index is -0.311. The molecule has 96 valence electrons. The molecule has 0 fully saturated rings. The summed E-state index contributed by atoms with van der Waals surface area (Å²) in [6.07, 6.45) is 1.70. The number of halogens is 2. The molecule has 0 saturated carbocycles. The van der Waals surface area contributed by atoms with Crippen molar-refractivity contribution in [3.05, 3.63) is 40.2 Å². The summed E-state index contributed by atoms with van der Waals surface area (Å²) in [6.45, 7) is 4.86. The third-order valence-electron chi connectivity index (χ3n) is 2.41. The van der Waals surface area contributed by atoms with Gasteiger partial charge in [0.1, 0.15) is 10.8 Å². The maximum Gasteiger partial charge on any atom is 0.133 e. The maximum absolute atomic E-state index is 13.7. The van der Waals surface area contributed by atoms with Crippen molar-refractivity contribution in [1.82, 2.24) is 10.3 Å². The van der Waals surface area contributed by atoms with Crippen molar-refractivity contribution in [2.45, 2.75) is 26.4 Å². The molecule has 0 aliphatic heterocycles. The zero-order valence-electron chi connectivity index (χ0n) is 10.2. The van der Waals surface area contributed by atoms with E-state index in [2.05, 4.69) is 24.1 Å². The fourth-order valence-electron chi connectivity index (χ4n) is 1.50. The van der Waals surface area contributed by atoms with Crippen LogP contribution in [0.25, 0.3) is 10.4 Å². The van der Waals surface area contributed by atoms with Gasteiger partial charge in [0, 0.05) is 29.4 Å². The summed E-state index contributed by atoms with van der Waals surface area (Å²) in [4.78, 5) is 5.11. The number of hydrogen-bond donors (Lipinski definition) is 1. The van der Waals surface area contributed by atoms with E-state index >= 15 is 0 Å². The van der Waals surface area contributed by atoms with Crippen molar-refractivity contribution in [2.24, 2.45) is 0 Å². The number of nitrogens with zero attached hydrogens (tertiary/aromatic N) is 1. The van der Waals surface area contributed by atoms with Crippen LogP contribution in [0.15, 0.2) is 24.4 Å². The van der Waals surface area contributed by atoms with E-state index in [-0.39, 0.29) is 5.82 Å². The molecule has 0 bridgehead atoms. The Balaban J connectivity index is 2.18. The first-order valence-electron chi connectivity index (χ1n) is 5.70. The van der Waals surface area contributed by atoms with Crippen molar-refractivity contribution in [2.75, 3.05) is 0 Å². The van der Waals surface area contributed by atoms with Gasteiger partial charge in [0.25, 0.3) is 0 Å². The average Bonchev–Trinajstić information content (AvgIpc) is 2.75. The number of rotatable bonds is 4. The van der Waals surface area contributed by atoms with Crippen molar-refractivity contribution < 1.29 is 4.39 Å². The molecular weight excluding hydrogens is 271 g/mol. The molecule has 1 heterocycles. The second kappa shape index (κ2) is 5.78. The number of hydrogen-bond acceptors (Lipinski definition) is 3. The van der Waals surface area contributed by atoms with Gasteiger partial charge in [-0.2, -0.15) is 0 Å². The molecule has 0 amide bonds. The van der Waals surface area contributed by atoms with E-state index in [1.54, 1.807) is 18.3 Å². The Morgan fingerprint density at radius 1 is 1.44 bits per heavy atom. The van der Waals surface area contributed by atoms with Gasteiger partial charge in [-0.3, -0.25) is 0 Å². The molecule has 0 unspecified atom stereocenters. The normalized spacial score (nSPS) is 11.2. The Morgan fingerprint density at radius 2 is 2.22 bits per heavy atom. The molecule has 1 aromatic carbocycles. The Hall–Kier alpha value is -0.970. The van der Waals surface area contributed by atoms with Gasteiger partial charge in [0.05, 0.1) is 4.88 Å². The smallest absolute Gasteiger partial charge is 0.133 e. The van der Waals surface area contributed by atoms with Gasteiger partial charge in [-0.05, 0) is 18.2 Å². The molecule has 0 spiro atoms. The minimum Gasteiger partial charge on any atom is -0.308 e. The van der Waals surface area contributed by atoms with E-state index in [1.165, 1.54) is 17.4 Å². The van der Waals surface area contributed by atoms with Gasteiger partial charge in [-0.15, -0.1) is 11.3 Å². The van der Waals surface area contributed by atoms with Crippen LogP contribution in [-0.2, 0) is 6.54 Å². The van der Waals surface area contributed by atoms with Crippen LogP contribution in [0.4, 0.5) is 4.39 Å². The molecule has 18 heavy (non-hydrogen) atoms. The largest absolute Gasteiger partial charge is 0.308 e. The highest BCUT2D eigenvalue weighted by molar-refractivity contribution is 7.15. The van der Waals surface area contributed by atoms with Crippen molar-refractivity contribution >= 4 is 22.9 Å². The number of thiazole rings is 1. The lowest BCUT2D eigenvalue weighted by molar-refractivity contribution is 0.587. The van der Waals surface area contributed by atoms with E-state index in [0.717, 1.165) is 9.88 Å². The highest BCUT2D eigenvalue weighted by atomic mass is 35.5. The summed E-state index contributed by atoms with van der Waals surface area (Å²) < 4.78 is 13.7. The summed E-state index contributed by atoms with van der Waals surface area (Å²) in [6, 6.07) is 5.10. The van der Waals surface area contributed by atoms with Gasteiger partial charge in [0.15, 0.2) is 0 Å². The highest BCUT2D eigenvalue weighted by Crippen LogP contribution is 2.29. The van der Waals surface area contributed by atoms with Crippen LogP contribution in [0.2, 0.25) is 5.02 Å². The van der Waals surface area contributed by atoms with E-state index < -0.39 is 0 Å². The Bertz CT molecular complexity index is 540. The topological polar surface area (TPSA) is 24.9 Å². The molecule has 1 aromatic heterocycles. The van der Waals surface area contributed by atoms with E-state index in [9.17, 15) is 4.39 Å². The maximum atomic E-state index is 13.7. The number of benzene rings is 1. The quantitative estimate of drug-likeness (QED) is 0.914. The second-order valence-corrected chi connectivity index (χ2v) is 5.83. The third-order valence-corrected chi connectivity index (χ3v) is 3.68. The standard InChI is InChI=1S/C13H14ClFN2S/c1-8(2)16-7-13-17-6-12(18-13)10-4-3-9(14)5-11(10)15/h3-6,8,16H,7H2,1-2H3. The fourth-order valence-corrected chi connectivity index (χ4v) is 2.55. The third kappa shape index (κ3) is 3.28. The van der Waals surface area contributed by atoms with Gasteiger partial charge >= 0.3 is 0 Å². The van der Waals surface area contributed by atoms with Crippen LogP contribution in [0.1, 0.15) is 18.9 Å². The Kier molecular flexibility index (Phi) is 4.32. The lowest BCUT2D eigenvalue weighted by Crippen LogP contribution is -2.21. The monoisotopic (exact) mass is 284 g/mol. The Labute approximate surface area is 115 Å². The van der Waals surface area contributed by atoms with E-state index in [1.807, 2.05) is 0 Å². The molecule has 0 atom stereocenters. The predicted molar refractivity (Wildman–Crippen MR) is 74.5 cm³/mol. The summed E-state index contributed by atoms with van der Waals surface area (Å²) in [5.41, 5.74) is 0.549. The van der Waals surface area contributed by atoms with Crippen molar-refractivity contribution in [3.8, 4) is 10.4 Å². The van der Waals surface area contributed by atoms with Crippen LogP contribution in [0, 0.1) is 5.82 Å². The molecular formula is C13H14ClFN2S. The van der Waals surface area contributed by atoms with Gasteiger partial charge < -0.3 is 5.32 Å². The average molecular weight is 285 g/mol. The zero-order valence-corrected chi connectivity index (χ0v) is 11.8. The van der Waals surface area contributed by atoms with Crippen LogP contribution in [-0.4, -0.2) is 11.0 Å². The highest BCUT2D eigenvalue weighted by Gasteiger charge is 2.09.